The minimum absolute atomic E-state index is 0.251. The van der Waals surface area contributed by atoms with E-state index in [2.05, 4.69) is 0 Å². The van der Waals surface area contributed by atoms with Crippen molar-refractivity contribution in [2.45, 2.75) is 69.4 Å². The van der Waals surface area contributed by atoms with E-state index in [4.69, 9.17) is 14.5 Å². The smallest absolute Gasteiger partial charge is 0.211 e. The van der Waals surface area contributed by atoms with Gasteiger partial charge in [0.1, 0.15) is 5.78 Å². The van der Waals surface area contributed by atoms with Gasteiger partial charge in [-0.25, -0.2) is 0 Å². The molecule has 4 heteroatoms. The molecule has 4 nitrogen and oxygen atoms in total. The van der Waals surface area contributed by atoms with Gasteiger partial charge in [0, 0.05) is 24.7 Å². The standard InChI is InChI=1S/C16H22O4/c17-14-2-1-3-15(9-14)18-16(20-19-15)12-5-10-4-11(7-12)8-13(16)6-10/h10-13H,1-9H2. The third kappa shape index (κ3) is 1.50. The summed E-state index contributed by atoms with van der Waals surface area (Å²) in [6, 6.07) is 0. The zero-order valence-corrected chi connectivity index (χ0v) is 11.8. The van der Waals surface area contributed by atoms with Gasteiger partial charge in [0.15, 0.2) is 0 Å². The average Bonchev–Trinajstić information content (AvgIpc) is 2.76. The average molecular weight is 278 g/mol. The maximum Gasteiger partial charge on any atom is 0.211 e. The summed E-state index contributed by atoms with van der Waals surface area (Å²) < 4.78 is 6.46. The maximum atomic E-state index is 11.8. The third-order valence-corrected chi connectivity index (χ3v) is 6.43. The van der Waals surface area contributed by atoms with Gasteiger partial charge in [-0.15, -0.1) is 0 Å². The molecule has 1 unspecified atom stereocenters. The van der Waals surface area contributed by atoms with Gasteiger partial charge < -0.3 is 4.74 Å². The summed E-state index contributed by atoms with van der Waals surface area (Å²) in [5.41, 5.74) is 0. The summed E-state index contributed by atoms with van der Waals surface area (Å²) in [5, 5.41) is 0. The monoisotopic (exact) mass is 278 g/mol. The second-order valence-corrected chi connectivity index (χ2v) is 7.77. The van der Waals surface area contributed by atoms with Gasteiger partial charge in [-0.1, -0.05) is 0 Å². The second-order valence-electron chi connectivity index (χ2n) is 7.77. The van der Waals surface area contributed by atoms with E-state index in [1.165, 1.54) is 32.1 Å². The van der Waals surface area contributed by atoms with Crippen molar-refractivity contribution in [2.75, 3.05) is 0 Å². The Morgan fingerprint density at radius 3 is 2.30 bits per heavy atom. The molecule has 4 bridgehead atoms. The lowest BCUT2D eigenvalue weighted by atomic mass is 9.53. The van der Waals surface area contributed by atoms with Crippen LogP contribution in [0, 0.1) is 23.7 Å². The van der Waals surface area contributed by atoms with Crippen LogP contribution < -0.4 is 0 Å². The summed E-state index contributed by atoms with van der Waals surface area (Å²) in [5.74, 6) is 1.68. The molecule has 0 aromatic heterocycles. The number of Topliss-reactive ketones (excluding diaryl/α,β-unsaturated/α-hetero) is 1. The van der Waals surface area contributed by atoms with Gasteiger partial charge in [-0.05, 0) is 50.4 Å². The number of ether oxygens (including phenoxy) is 1. The van der Waals surface area contributed by atoms with Crippen LogP contribution in [0.1, 0.15) is 57.8 Å². The molecule has 110 valence electrons. The first-order valence-corrected chi connectivity index (χ1v) is 8.26. The fourth-order valence-corrected chi connectivity index (χ4v) is 5.80. The third-order valence-electron chi connectivity index (χ3n) is 6.43. The molecular formula is C16H22O4. The van der Waals surface area contributed by atoms with Crippen molar-refractivity contribution >= 4 is 5.78 Å². The summed E-state index contributed by atoms with van der Waals surface area (Å²) in [4.78, 5) is 23.4. The predicted molar refractivity (Wildman–Crippen MR) is 69.2 cm³/mol. The van der Waals surface area contributed by atoms with E-state index in [9.17, 15) is 4.79 Å². The Morgan fingerprint density at radius 2 is 1.65 bits per heavy atom. The SMILES string of the molecule is O=C1CCCC2(C1)OOC1(O2)C2CC3CC(C2)CC1C3. The van der Waals surface area contributed by atoms with Gasteiger partial charge >= 0.3 is 0 Å². The highest BCUT2D eigenvalue weighted by atomic mass is 17.3. The van der Waals surface area contributed by atoms with Crippen molar-refractivity contribution in [1.29, 1.82) is 0 Å². The zero-order valence-electron chi connectivity index (χ0n) is 11.8. The largest absolute Gasteiger partial charge is 0.311 e. The Hall–Kier alpha value is -0.450. The molecule has 0 N–H and O–H groups in total. The summed E-state index contributed by atoms with van der Waals surface area (Å²) >= 11 is 0. The summed E-state index contributed by atoms with van der Waals surface area (Å²) in [6.07, 6.45) is 9.00. The topological polar surface area (TPSA) is 44.8 Å². The van der Waals surface area contributed by atoms with Crippen molar-refractivity contribution in [3.8, 4) is 0 Å². The fraction of sp³-hybridized carbons (Fsp3) is 0.938. The predicted octanol–water partition coefficient (Wildman–Crippen LogP) is 2.96. The quantitative estimate of drug-likeness (QED) is 0.639. The molecule has 6 rings (SSSR count). The molecule has 5 aliphatic carbocycles. The van der Waals surface area contributed by atoms with Crippen molar-refractivity contribution in [3.05, 3.63) is 0 Å². The zero-order chi connectivity index (χ0) is 13.4. The number of carbonyl (C=O) groups is 1. The Kier molecular flexibility index (Phi) is 2.33. The van der Waals surface area contributed by atoms with Gasteiger partial charge in [-0.3, -0.25) is 4.79 Å². The molecule has 6 fully saturated rings. The van der Waals surface area contributed by atoms with Crippen LogP contribution in [0.5, 0.6) is 0 Å². The molecular weight excluding hydrogens is 256 g/mol. The Balaban J connectivity index is 1.46. The van der Waals surface area contributed by atoms with E-state index in [0.717, 1.165) is 24.7 Å². The second kappa shape index (κ2) is 3.84. The van der Waals surface area contributed by atoms with Gasteiger partial charge in [0.25, 0.3) is 0 Å². The van der Waals surface area contributed by atoms with E-state index in [0.29, 0.717) is 24.7 Å². The Morgan fingerprint density at radius 1 is 0.950 bits per heavy atom. The molecule has 0 amide bonds. The van der Waals surface area contributed by atoms with Crippen LogP contribution in [0.15, 0.2) is 0 Å². The van der Waals surface area contributed by atoms with Crippen LogP contribution in [0.25, 0.3) is 0 Å². The van der Waals surface area contributed by atoms with Crippen molar-refractivity contribution in [1.82, 2.24) is 0 Å². The first kappa shape index (κ1) is 12.1. The molecule has 5 saturated carbocycles. The Labute approximate surface area is 119 Å². The van der Waals surface area contributed by atoms with Crippen LogP contribution in [0.4, 0.5) is 0 Å². The van der Waals surface area contributed by atoms with E-state index < -0.39 is 11.6 Å². The van der Waals surface area contributed by atoms with Crippen LogP contribution in [-0.4, -0.2) is 17.4 Å². The number of carbonyl (C=O) groups excluding carboxylic acids is 1. The number of rotatable bonds is 0. The summed E-state index contributed by atoms with van der Waals surface area (Å²) in [7, 11) is 0. The molecule has 1 atom stereocenters. The molecule has 20 heavy (non-hydrogen) atoms. The van der Waals surface area contributed by atoms with E-state index in [-0.39, 0.29) is 5.78 Å². The van der Waals surface area contributed by atoms with Crippen molar-refractivity contribution in [2.24, 2.45) is 23.7 Å². The molecule has 1 saturated heterocycles. The van der Waals surface area contributed by atoms with Crippen LogP contribution >= 0.6 is 0 Å². The summed E-state index contributed by atoms with van der Waals surface area (Å²) in [6.45, 7) is 0. The molecule has 0 aromatic carbocycles. The minimum atomic E-state index is -0.759. The normalized spacial score (nSPS) is 57.1. The molecule has 2 spiro atoms. The van der Waals surface area contributed by atoms with E-state index >= 15 is 0 Å². The molecule has 6 aliphatic rings. The van der Waals surface area contributed by atoms with Crippen LogP contribution in [0.3, 0.4) is 0 Å². The van der Waals surface area contributed by atoms with Crippen LogP contribution in [-0.2, 0) is 19.3 Å². The lowest BCUT2D eigenvalue weighted by molar-refractivity contribution is -0.389. The molecule has 0 radical (unpaired) electrons. The highest BCUT2D eigenvalue weighted by Gasteiger charge is 2.66. The van der Waals surface area contributed by atoms with Crippen molar-refractivity contribution < 1.29 is 19.3 Å². The first-order valence-electron chi connectivity index (χ1n) is 8.26. The lowest BCUT2D eigenvalue weighted by Gasteiger charge is -2.57. The van der Waals surface area contributed by atoms with E-state index in [1.54, 1.807) is 0 Å². The van der Waals surface area contributed by atoms with Crippen LogP contribution in [0.2, 0.25) is 0 Å². The molecule has 1 heterocycles. The highest BCUT2D eigenvalue weighted by molar-refractivity contribution is 5.80. The van der Waals surface area contributed by atoms with Gasteiger partial charge in [0.05, 0.1) is 6.42 Å². The minimum Gasteiger partial charge on any atom is -0.311 e. The maximum absolute atomic E-state index is 11.8. The van der Waals surface area contributed by atoms with E-state index in [1.807, 2.05) is 0 Å². The van der Waals surface area contributed by atoms with Crippen molar-refractivity contribution in [3.63, 3.8) is 0 Å². The first-order chi connectivity index (χ1) is 9.68. The lowest BCUT2D eigenvalue weighted by Crippen LogP contribution is -2.59. The highest BCUT2D eigenvalue weighted by Crippen LogP contribution is 2.63. The Bertz CT molecular complexity index is 431. The fourth-order valence-electron chi connectivity index (χ4n) is 5.80. The van der Waals surface area contributed by atoms with Gasteiger partial charge in [0.2, 0.25) is 11.6 Å². The number of ketones is 1. The number of hydrogen-bond acceptors (Lipinski definition) is 4. The number of hydrogen-bond donors (Lipinski definition) is 0. The van der Waals surface area contributed by atoms with Gasteiger partial charge in [-0.2, -0.15) is 9.78 Å². The molecule has 1 aliphatic heterocycles. The molecule has 0 aromatic rings.